The fourth-order valence-electron chi connectivity index (χ4n) is 2.42. The van der Waals surface area contributed by atoms with Crippen molar-refractivity contribution < 1.29 is 14.3 Å². The molecule has 1 amide bonds. The van der Waals surface area contributed by atoms with E-state index in [1.54, 1.807) is 24.3 Å². The van der Waals surface area contributed by atoms with Gasteiger partial charge in [-0.15, -0.1) is 0 Å². The molecule has 25 heavy (non-hydrogen) atoms. The number of hydrogen-bond donors (Lipinski definition) is 1. The van der Waals surface area contributed by atoms with E-state index in [0.29, 0.717) is 5.02 Å². The summed E-state index contributed by atoms with van der Waals surface area (Å²) in [5.41, 5.74) is 3.00. The van der Waals surface area contributed by atoms with Crippen molar-refractivity contribution in [2.75, 3.05) is 6.61 Å². The molecule has 0 aliphatic heterocycles. The van der Waals surface area contributed by atoms with Gasteiger partial charge in [0.05, 0.1) is 12.5 Å². The highest BCUT2D eigenvalue weighted by Crippen LogP contribution is 2.17. The Morgan fingerprint density at radius 2 is 1.72 bits per heavy atom. The number of carbonyl (C=O) groups is 2. The number of rotatable bonds is 7. The lowest BCUT2D eigenvalue weighted by Gasteiger charge is -2.17. The van der Waals surface area contributed by atoms with Gasteiger partial charge in [-0.25, -0.2) is 0 Å². The van der Waals surface area contributed by atoms with Gasteiger partial charge in [0.2, 0.25) is 0 Å². The van der Waals surface area contributed by atoms with Gasteiger partial charge in [-0.05, 0) is 36.6 Å². The Kier molecular flexibility index (Phi) is 7.02. The number of amides is 1. The molecule has 0 radical (unpaired) electrons. The molecule has 2 aromatic carbocycles. The van der Waals surface area contributed by atoms with Crippen molar-refractivity contribution in [1.29, 1.82) is 0 Å². The number of ether oxygens (including phenoxy) is 1. The third-order valence-corrected chi connectivity index (χ3v) is 4.10. The molecule has 4 nitrogen and oxygen atoms in total. The summed E-state index contributed by atoms with van der Waals surface area (Å²) in [6.45, 7) is 3.73. The van der Waals surface area contributed by atoms with Gasteiger partial charge < -0.3 is 10.1 Å². The average Bonchev–Trinajstić information content (AvgIpc) is 2.61. The summed E-state index contributed by atoms with van der Waals surface area (Å²) in [4.78, 5) is 23.9. The number of carbonyl (C=O) groups excluding carboxylic acids is 2. The van der Waals surface area contributed by atoms with Crippen LogP contribution in [0.2, 0.25) is 5.02 Å². The SMILES string of the molecule is CC[C@@H](NC(=O)COC(=O)Cc1ccc(Cl)cc1)c1ccc(C)cc1. The second-order valence-electron chi connectivity index (χ2n) is 5.90. The van der Waals surface area contributed by atoms with Crippen LogP contribution in [-0.2, 0) is 20.7 Å². The lowest BCUT2D eigenvalue weighted by atomic mass is 10.0. The van der Waals surface area contributed by atoms with Crippen LogP contribution in [0.3, 0.4) is 0 Å². The third kappa shape index (κ3) is 6.24. The summed E-state index contributed by atoms with van der Waals surface area (Å²) < 4.78 is 5.05. The molecule has 0 heterocycles. The molecule has 2 rings (SSSR count). The van der Waals surface area contributed by atoms with Gasteiger partial charge in [0.15, 0.2) is 6.61 Å². The van der Waals surface area contributed by atoms with Gasteiger partial charge in [-0.3, -0.25) is 9.59 Å². The van der Waals surface area contributed by atoms with E-state index < -0.39 is 5.97 Å². The number of nitrogens with one attached hydrogen (secondary N) is 1. The Balaban J connectivity index is 1.81. The van der Waals surface area contributed by atoms with Crippen LogP contribution >= 0.6 is 11.6 Å². The Bertz CT molecular complexity index is 711. The first-order chi connectivity index (χ1) is 12.0. The predicted octanol–water partition coefficient (Wildman–Crippen LogP) is 4.00. The largest absolute Gasteiger partial charge is 0.455 e. The van der Waals surface area contributed by atoms with Gasteiger partial charge in [0.25, 0.3) is 5.91 Å². The van der Waals surface area contributed by atoms with Crippen LogP contribution in [0.25, 0.3) is 0 Å². The van der Waals surface area contributed by atoms with Crippen molar-refractivity contribution in [3.8, 4) is 0 Å². The smallest absolute Gasteiger partial charge is 0.310 e. The lowest BCUT2D eigenvalue weighted by molar-refractivity contribution is -0.148. The van der Waals surface area contributed by atoms with E-state index in [9.17, 15) is 9.59 Å². The molecule has 132 valence electrons. The number of aryl methyl sites for hydroxylation is 1. The molecule has 0 bridgehead atoms. The fourth-order valence-corrected chi connectivity index (χ4v) is 2.55. The first-order valence-corrected chi connectivity index (χ1v) is 8.61. The summed E-state index contributed by atoms with van der Waals surface area (Å²) >= 11 is 5.80. The molecule has 0 fully saturated rings. The highest BCUT2D eigenvalue weighted by atomic mass is 35.5. The number of hydrogen-bond acceptors (Lipinski definition) is 3. The van der Waals surface area contributed by atoms with Gasteiger partial charge >= 0.3 is 5.97 Å². The van der Waals surface area contributed by atoms with Crippen LogP contribution in [0, 0.1) is 6.92 Å². The maximum Gasteiger partial charge on any atom is 0.310 e. The second-order valence-corrected chi connectivity index (χ2v) is 6.34. The molecule has 0 spiro atoms. The summed E-state index contributed by atoms with van der Waals surface area (Å²) in [6, 6.07) is 14.9. The summed E-state index contributed by atoms with van der Waals surface area (Å²) in [5.74, 6) is -0.752. The molecule has 0 aliphatic carbocycles. The molecule has 0 aliphatic rings. The first kappa shape index (κ1) is 19.0. The van der Waals surface area contributed by atoms with Gasteiger partial charge in [-0.2, -0.15) is 0 Å². The Labute approximate surface area is 153 Å². The van der Waals surface area contributed by atoms with E-state index in [0.717, 1.165) is 17.5 Å². The molecule has 2 aromatic rings. The second kappa shape index (κ2) is 9.23. The summed E-state index contributed by atoms with van der Waals surface area (Å²) in [7, 11) is 0. The molecule has 1 N–H and O–H groups in total. The van der Waals surface area contributed by atoms with Crippen LogP contribution < -0.4 is 5.32 Å². The number of benzene rings is 2. The van der Waals surface area contributed by atoms with E-state index in [1.807, 2.05) is 38.1 Å². The number of esters is 1. The Hall–Kier alpha value is -2.33. The Morgan fingerprint density at radius 1 is 1.08 bits per heavy atom. The first-order valence-electron chi connectivity index (χ1n) is 8.24. The minimum Gasteiger partial charge on any atom is -0.455 e. The van der Waals surface area contributed by atoms with Crippen molar-refractivity contribution in [2.24, 2.45) is 0 Å². The molecule has 1 atom stereocenters. The van der Waals surface area contributed by atoms with Crippen LogP contribution in [0.1, 0.15) is 36.1 Å². The van der Waals surface area contributed by atoms with E-state index in [4.69, 9.17) is 16.3 Å². The normalized spacial score (nSPS) is 11.6. The van der Waals surface area contributed by atoms with Crippen molar-refractivity contribution in [3.63, 3.8) is 0 Å². The monoisotopic (exact) mass is 359 g/mol. The topological polar surface area (TPSA) is 55.4 Å². The zero-order chi connectivity index (χ0) is 18.2. The van der Waals surface area contributed by atoms with E-state index in [-0.39, 0.29) is 25.0 Å². The predicted molar refractivity (Wildman–Crippen MR) is 98.5 cm³/mol. The molecule has 0 saturated carbocycles. The summed E-state index contributed by atoms with van der Waals surface area (Å²) in [5, 5.41) is 3.50. The highest BCUT2D eigenvalue weighted by Gasteiger charge is 2.14. The molecular weight excluding hydrogens is 338 g/mol. The van der Waals surface area contributed by atoms with Crippen molar-refractivity contribution >= 4 is 23.5 Å². The zero-order valence-corrected chi connectivity index (χ0v) is 15.2. The van der Waals surface area contributed by atoms with E-state index in [1.165, 1.54) is 5.56 Å². The zero-order valence-electron chi connectivity index (χ0n) is 14.4. The molecule has 0 aromatic heterocycles. The van der Waals surface area contributed by atoms with Crippen LogP contribution in [0.4, 0.5) is 0 Å². The van der Waals surface area contributed by atoms with Crippen molar-refractivity contribution in [3.05, 3.63) is 70.2 Å². The van der Waals surface area contributed by atoms with Crippen molar-refractivity contribution in [1.82, 2.24) is 5.32 Å². The quantitative estimate of drug-likeness (QED) is 0.760. The third-order valence-electron chi connectivity index (χ3n) is 3.85. The summed E-state index contributed by atoms with van der Waals surface area (Å²) in [6.07, 6.45) is 0.868. The van der Waals surface area contributed by atoms with Crippen molar-refractivity contribution in [2.45, 2.75) is 32.7 Å². The highest BCUT2D eigenvalue weighted by molar-refractivity contribution is 6.30. The van der Waals surface area contributed by atoms with Gasteiger partial charge in [-0.1, -0.05) is 60.5 Å². The maximum absolute atomic E-state index is 12.0. The molecule has 0 saturated heterocycles. The van der Waals surface area contributed by atoms with Crippen LogP contribution in [0.5, 0.6) is 0 Å². The number of halogens is 1. The lowest BCUT2D eigenvalue weighted by Crippen LogP contribution is -2.32. The maximum atomic E-state index is 12.0. The Morgan fingerprint density at radius 3 is 2.32 bits per heavy atom. The van der Waals surface area contributed by atoms with Crippen LogP contribution in [0.15, 0.2) is 48.5 Å². The van der Waals surface area contributed by atoms with Gasteiger partial charge in [0, 0.05) is 5.02 Å². The van der Waals surface area contributed by atoms with Crippen LogP contribution in [-0.4, -0.2) is 18.5 Å². The minimum absolute atomic E-state index is 0.0944. The molecular formula is C20H22ClNO3. The minimum atomic E-state index is -0.444. The van der Waals surface area contributed by atoms with E-state index >= 15 is 0 Å². The fraction of sp³-hybridized carbons (Fsp3) is 0.300. The average molecular weight is 360 g/mol. The molecule has 5 heteroatoms. The van der Waals surface area contributed by atoms with Gasteiger partial charge in [0.1, 0.15) is 0 Å². The standard InChI is InChI=1S/C20H22ClNO3/c1-3-18(16-8-4-14(2)5-9-16)22-19(23)13-25-20(24)12-15-6-10-17(21)11-7-15/h4-11,18H,3,12-13H2,1-2H3,(H,22,23)/t18-/m1/s1. The molecule has 0 unspecified atom stereocenters. The van der Waals surface area contributed by atoms with E-state index in [2.05, 4.69) is 5.32 Å².